The van der Waals surface area contributed by atoms with Gasteiger partial charge in [0, 0.05) is 16.9 Å². The molecule has 0 saturated carbocycles. The van der Waals surface area contributed by atoms with Gasteiger partial charge in [-0.25, -0.2) is 0 Å². The summed E-state index contributed by atoms with van der Waals surface area (Å²) in [7, 11) is 0. The molecular formula is C22H17Cl. The summed E-state index contributed by atoms with van der Waals surface area (Å²) < 4.78 is 0. The Hall–Kier alpha value is -2.05. The minimum atomic E-state index is 0.466. The third-order valence-corrected chi connectivity index (χ3v) is 5.86. The first kappa shape index (κ1) is 13.4. The van der Waals surface area contributed by atoms with E-state index in [4.69, 9.17) is 11.6 Å². The number of benzene rings is 3. The molecule has 1 atom stereocenters. The zero-order valence-electron chi connectivity index (χ0n) is 12.7. The third kappa shape index (κ3) is 1.91. The molecule has 3 aromatic rings. The van der Waals surface area contributed by atoms with Crippen LogP contribution in [0.25, 0.3) is 0 Å². The van der Waals surface area contributed by atoms with Crippen molar-refractivity contribution < 1.29 is 0 Å². The number of halogens is 1. The SMILES string of the molecule is Clc1ccc(C2CC3c4ccccc4C2c2ccccc23)cc1. The predicted octanol–water partition coefficient (Wildman–Crippen LogP) is 6.10. The van der Waals surface area contributed by atoms with Gasteiger partial charge in [-0.3, -0.25) is 0 Å². The minimum Gasteiger partial charge on any atom is -0.0843 e. The van der Waals surface area contributed by atoms with Crippen LogP contribution in [0.3, 0.4) is 0 Å². The Morgan fingerprint density at radius 3 is 1.74 bits per heavy atom. The zero-order valence-corrected chi connectivity index (χ0v) is 13.5. The summed E-state index contributed by atoms with van der Waals surface area (Å²) in [6, 6.07) is 26.5. The number of hydrogen-bond acceptors (Lipinski definition) is 0. The maximum absolute atomic E-state index is 6.09. The summed E-state index contributed by atoms with van der Waals surface area (Å²) in [6.45, 7) is 0. The molecule has 3 aliphatic rings. The van der Waals surface area contributed by atoms with Gasteiger partial charge in [-0.05, 0) is 52.3 Å². The van der Waals surface area contributed by atoms with E-state index in [2.05, 4.69) is 60.7 Å². The zero-order chi connectivity index (χ0) is 15.4. The highest BCUT2D eigenvalue weighted by Crippen LogP contribution is 2.58. The lowest BCUT2D eigenvalue weighted by molar-refractivity contribution is 0.450. The van der Waals surface area contributed by atoms with Crippen molar-refractivity contribution in [3.63, 3.8) is 0 Å². The molecule has 0 fully saturated rings. The van der Waals surface area contributed by atoms with Gasteiger partial charge in [0.25, 0.3) is 0 Å². The van der Waals surface area contributed by atoms with Crippen LogP contribution in [0.2, 0.25) is 5.02 Å². The van der Waals surface area contributed by atoms with Gasteiger partial charge in [-0.1, -0.05) is 72.3 Å². The van der Waals surface area contributed by atoms with Gasteiger partial charge >= 0.3 is 0 Å². The van der Waals surface area contributed by atoms with Crippen LogP contribution in [0, 0.1) is 0 Å². The quantitative estimate of drug-likeness (QED) is 0.508. The number of fused-ring (bicyclic) bond motifs is 1. The van der Waals surface area contributed by atoms with Crippen LogP contribution in [0.5, 0.6) is 0 Å². The second-order valence-corrected chi connectivity index (χ2v) is 7.12. The fourth-order valence-electron chi connectivity index (χ4n) is 4.67. The van der Waals surface area contributed by atoms with Crippen molar-refractivity contribution in [2.75, 3.05) is 0 Å². The van der Waals surface area contributed by atoms with Crippen molar-refractivity contribution in [2.24, 2.45) is 0 Å². The lowest BCUT2D eigenvalue weighted by Crippen LogP contribution is -2.30. The molecule has 0 heterocycles. The number of hydrogen-bond donors (Lipinski definition) is 0. The Balaban J connectivity index is 1.72. The van der Waals surface area contributed by atoms with Crippen molar-refractivity contribution in [3.8, 4) is 0 Å². The Kier molecular flexibility index (Phi) is 2.90. The molecule has 3 aromatic carbocycles. The molecule has 1 heteroatoms. The molecule has 1 unspecified atom stereocenters. The van der Waals surface area contributed by atoms with Gasteiger partial charge in [-0.15, -0.1) is 0 Å². The van der Waals surface area contributed by atoms with Gasteiger partial charge in [0.2, 0.25) is 0 Å². The van der Waals surface area contributed by atoms with E-state index in [1.165, 1.54) is 34.2 Å². The van der Waals surface area contributed by atoms with Crippen LogP contribution >= 0.6 is 11.6 Å². The molecule has 0 radical (unpaired) electrons. The Morgan fingerprint density at radius 2 is 1.17 bits per heavy atom. The third-order valence-electron chi connectivity index (χ3n) is 5.60. The topological polar surface area (TPSA) is 0 Å². The van der Waals surface area contributed by atoms with E-state index in [-0.39, 0.29) is 0 Å². The normalized spacial score (nSPS) is 24.1. The van der Waals surface area contributed by atoms with Crippen LogP contribution in [-0.4, -0.2) is 0 Å². The lowest BCUT2D eigenvalue weighted by atomic mass is 9.58. The highest BCUT2D eigenvalue weighted by molar-refractivity contribution is 6.30. The molecule has 0 saturated heterocycles. The van der Waals surface area contributed by atoms with Crippen molar-refractivity contribution in [3.05, 3.63) is 106 Å². The second kappa shape index (κ2) is 4.97. The molecule has 0 aliphatic heterocycles. The van der Waals surface area contributed by atoms with Crippen molar-refractivity contribution in [1.82, 2.24) is 0 Å². The summed E-state index contributed by atoms with van der Waals surface area (Å²) in [5, 5.41) is 0.815. The molecular weight excluding hydrogens is 300 g/mol. The second-order valence-electron chi connectivity index (χ2n) is 6.68. The highest BCUT2D eigenvalue weighted by Gasteiger charge is 2.43. The van der Waals surface area contributed by atoms with Gasteiger partial charge in [0.05, 0.1) is 0 Å². The average molecular weight is 317 g/mol. The largest absolute Gasteiger partial charge is 0.0843 e. The molecule has 112 valence electrons. The van der Waals surface area contributed by atoms with E-state index in [0.717, 1.165) is 5.02 Å². The summed E-state index contributed by atoms with van der Waals surface area (Å²) in [4.78, 5) is 0. The Bertz CT molecular complexity index is 831. The molecule has 0 spiro atoms. The maximum Gasteiger partial charge on any atom is 0.0406 e. The van der Waals surface area contributed by atoms with Crippen LogP contribution in [-0.2, 0) is 0 Å². The molecule has 0 N–H and O–H groups in total. The fourth-order valence-corrected chi connectivity index (χ4v) is 4.80. The van der Waals surface area contributed by atoms with E-state index in [0.29, 0.717) is 17.8 Å². The van der Waals surface area contributed by atoms with E-state index in [1.807, 2.05) is 12.1 Å². The van der Waals surface area contributed by atoms with Gasteiger partial charge in [-0.2, -0.15) is 0 Å². The first-order valence-corrected chi connectivity index (χ1v) is 8.64. The van der Waals surface area contributed by atoms with E-state index in [9.17, 15) is 0 Å². The lowest BCUT2D eigenvalue weighted by Gasteiger charge is -2.45. The smallest absolute Gasteiger partial charge is 0.0406 e. The average Bonchev–Trinajstić information content (AvgIpc) is 2.62. The number of rotatable bonds is 1. The van der Waals surface area contributed by atoms with E-state index < -0.39 is 0 Å². The molecule has 3 aliphatic carbocycles. The van der Waals surface area contributed by atoms with Crippen LogP contribution in [0.1, 0.15) is 52.0 Å². The van der Waals surface area contributed by atoms with Crippen LogP contribution < -0.4 is 0 Å². The molecule has 0 aromatic heterocycles. The molecule has 0 nitrogen and oxygen atoms in total. The fraction of sp³-hybridized carbons (Fsp3) is 0.182. The Labute approximate surface area is 141 Å². The van der Waals surface area contributed by atoms with E-state index >= 15 is 0 Å². The summed E-state index contributed by atoms with van der Waals surface area (Å²) in [6.07, 6.45) is 1.19. The van der Waals surface area contributed by atoms with Crippen molar-refractivity contribution >= 4 is 11.6 Å². The van der Waals surface area contributed by atoms with Gasteiger partial charge in [0.1, 0.15) is 0 Å². The molecule has 0 amide bonds. The summed E-state index contributed by atoms with van der Waals surface area (Å²) in [5.41, 5.74) is 7.50. The maximum atomic E-state index is 6.09. The van der Waals surface area contributed by atoms with Crippen LogP contribution in [0.15, 0.2) is 72.8 Å². The van der Waals surface area contributed by atoms with Gasteiger partial charge < -0.3 is 0 Å². The molecule has 6 rings (SSSR count). The first-order valence-electron chi connectivity index (χ1n) is 8.26. The minimum absolute atomic E-state index is 0.466. The summed E-state index contributed by atoms with van der Waals surface area (Å²) in [5.74, 6) is 1.53. The molecule has 23 heavy (non-hydrogen) atoms. The highest BCUT2D eigenvalue weighted by atomic mass is 35.5. The van der Waals surface area contributed by atoms with Gasteiger partial charge in [0.15, 0.2) is 0 Å². The Morgan fingerprint density at radius 1 is 0.652 bits per heavy atom. The van der Waals surface area contributed by atoms with Crippen molar-refractivity contribution in [1.29, 1.82) is 0 Å². The monoisotopic (exact) mass is 316 g/mol. The summed E-state index contributed by atoms with van der Waals surface area (Å²) >= 11 is 6.09. The van der Waals surface area contributed by atoms with Crippen molar-refractivity contribution in [2.45, 2.75) is 24.2 Å². The molecule has 2 bridgehead atoms. The van der Waals surface area contributed by atoms with Crippen LogP contribution in [0.4, 0.5) is 0 Å². The predicted molar refractivity (Wildman–Crippen MR) is 95.4 cm³/mol. The standard InChI is InChI=1S/C22H17Cl/c23-15-11-9-14(10-12-15)20-13-21-16-5-1-3-7-18(16)22(20)19-8-4-2-6-17(19)21/h1-12,20-22H,13H2. The first-order chi connectivity index (χ1) is 11.3. The van der Waals surface area contributed by atoms with E-state index in [1.54, 1.807) is 0 Å².